The van der Waals surface area contributed by atoms with E-state index in [9.17, 15) is 4.79 Å². The van der Waals surface area contributed by atoms with E-state index >= 15 is 0 Å². The monoisotopic (exact) mass is 176 g/mol. The third-order valence-electron chi connectivity index (χ3n) is 1.55. The number of hydrogen-bond donors (Lipinski definition) is 1. The van der Waals surface area contributed by atoms with E-state index in [2.05, 4.69) is 0 Å². The lowest BCUT2D eigenvalue weighted by Crippen LogP contribution is -2.43. The van der Waals surface area contributed by atoms with Crippen LogP contribution in [0.2, 0.25) is 0 Å². The molecule has 4 nitrogen and oxygen atoms in total. The molecule has 12 heavy (non-hydrogen) atoms. The Morgan fingerprint density at radius 3 is 1.83 bits per heavy atom. The highest BCUT2D eigenvalue weighted by atomic mass is 16.7. The van der Waals surface area contributed by atoms with Crippen molar-refractivity contribution in [3.8, 4) is 0 Å². The molecule has 0 aromatic rings. The Balaban J connectivity index is 4.39. The molecule has 0 bridgehead atoms. The summed E-state index contributed by atoms with van der Waals surface area (Å²) in [6.45, 7) is 5.87. The zero-order valence-corrected chi connectivity index (χ0v) is 7.79. The van der Waals surface area contributed by atoms with Gasteiger partial charge in [-0.3, -0.25) is 0 Å². The van der Waals surface area contributed by atoms with E-state index in [4.69, 9.17) is 14.6 Å². The predicted octanol–water partition coefficient (Wildman–Crippen LogP) is 1.25. The van der Waals surface area contributed by atoms with Crippen molar-refractivity contribution in [1.29, 1.82) is 0 Å². The summed E-state index contributed by atoms with van der Waals surface area (Å²) in [6, 6.07) is 0. The molecule has 0 heterocycles. The van der Waals surface area contributed by atoms with Gasteiger partial charge < -0.3 is 14.6 Å². The molecule has 0 aromatic heterocycles. The SMILES string of the molecule is CCOC(CC)(OCC)C(=O)O. The van der Waals surface area contributed by atoms with Crippen molar-refractivity contribution in [2.24, 2.45) is 0 Å². The molecule has 4 heteroatoms. The van der Waals surface area contributed by atoms with Crippen LogP contribution in [0, 0.1) is 0 Å². The molecule has 0 fully saturated rings. The summed E-state index contributed by atoms with van der Waals surface area (Å²) in [4.78, 5) is 10.8. The zero-order valence-electron chi connectivity index (χ0n) is 7.79. The number of ether oxygens (including phenoxy) is 2. The second-order valence-electron chi connectivity index (χ2n) is 2.28. The van der Waals surface area contributed by atoms with Crippen molar-refractivity contribution in [3.05, 3.63) is 0 Å². The number of carboxylic acids is 1. The molecule has 0 aliphatic carbocycles. The molecule has 0 saturated carbocycles. The van der Waals surface area contributed by atoms with Crippen LogP contribution in [0.25, 0.3) is 0 Å². The van der Waals surface area contributed by atoms with Gasteiger partial charge in [-0.1, -0.05) is 6.92 Å². The van der Waals surface area contributed by atoms with E-state index in [0.29, 0.717) is 19.6 Å². The lowest BCUT2D eigenvalue weighted by Gasteiger charge is -2.27. The first-order chi connectivity index (χ1) is 5.63. The summed E-state index contributed by atoms with van der Waals surface area (Å²) in [5.74, 6) is -2.50. The Bertz CT molecular complexity index is 138. The van der Waals surface area contributed by atoms with Crippen LogP contribution in [0.15, 0.2) is 0 Å². The molecule has 72 valence electrons. The highest BCUT2D eigenvalue weighted by Crippen LogP contribution is 2.17. The van der Waals surface area contributed by atoms with Crippen LogP contribution >= 0.6 is 0 Å². The quantitative estimate of drug-likeness (QED) is 0.619. The van der Waals surface area contributed by atoms with Crippen molar-refractivity contribution >= 4 is 5.97 Å². The van der Waals surface area contributed by atoms with Gasteiger partial charge in [0.15, 0.2) is 0 Å². The van der Waals surface area contributed by atoms with Gasteiger partial charge >= 0.3 is 5.97 Å². The van der Waals surface area contributed by atoms with Gasteiger partial charge in [-0.05, 0) is 13.8 Å². The van der Waals surface area contributed by atoms with Crippen LogP contribution in [0.4, 0.5) is 0 Å². The van der Waals surface area contributed by atoms with E-state index < -0.39 is 11.8 Å². The van der Waals surface area contributed by atoms with Crippen LogP contribution in [0.1, 0.15) is 27.2 Å². The summed E-state index contributed by atoms with van der Waals surface area (Å²) < 4.78 is 10.1. The van der Waals surface area contributed by atoms with Crippen molar-refractivity contribution in [3.63, 3.8) is 0 Å². The molecule has 0 atom stereocenters. The molecule has 0 aliphatic heterocycles. The van der Waals surface area contributed by atoms with Crippen LogP contribution in [-0.2, 0) is 14.3 Å². The molecule has 0 spiro atoms. The average molecular weight is 176 g/mol. The molecule has 0 amide bonds. The minimum absolute atomic E-state index is 0.310. The van der Waals surface area contributed by atoms with Gasteiger partial charge in [0, 0.05) is 19.6 Å². The summed E-state index contributed by atoms with van der Waals surface area (Å²) in [6.07, 6.45) is 0.310. The third kappa shape index (κ3) is 2.46. The summed E-state index contributed by atoms with van der Waals surface area (Å²) in [7, 11) is 0. The first-order valence-corrected chi connectivity index (χ1v) is 4.14. The van der Waals surface area contributed by atoms with E-state index in [1.807, 2.05) is 0 Å². The number of carbonyl (C=O) groups is 1. The summed E-state index contributed by atoms with van der Waals surface area (Å²) in [5.41, 5.74) is 0. The van der Waals surface area contributed by atoms with Gasteiger partial charge in [0.25, 0.3) is 5.79 Å². The van der Waals surface area contributed by atoms with Gasteiger partial charge in [0.05, 0.1) is 0 Å². The second-order valence-corrected chi connectivity index (χ2v) is 2.28. The first-order valence-electron chi connectivity index (χ1n) is 4.14. The van der Waals surface area contributed by atoms with Crippen molar-refractivity contribution < 1.29 is 19.4 Å². The van der Waals surface area contributed by atoms with Crippen molar-refractivity contribution in [2.75, 3.05) is 13.2 Å². The molecule has 0 aromatic carbocycles. The van der Waals surface area contributed by atoms with Crippen LogP contribution < -0.4 is 0 Å². The fraction of sp³-hybridized carbons (Fsp3) is 0.875. The minimum Gasteiger partial charge on any atom is -0.477 e. The standard InChI is InChI=1S/C8H16O4/c1-4-8(7(9)10,11-5-2)12-6-3/h4-6H2,1-3H3,(H,9,10). The molecular weight excluding hydrogens is 160 g/mol. The normalized spacial score (nSPS) is 11.6. The Labute approximate surface area is 72.5 Å². The topological polar surface area (TPSA) is 55.8 Å². The smallest absolute Gasteiger partial charge is 0.364 e. The maximum atomic E-state index is 10.8. The Morgan fingerprint density at radius 2 is 1.67 bits per heavy atom. The first kappa shape index (κ1) is 11.4. The van der Waals surface area contributed by atoms with Crippen LogP contribution in [0.5, 0.6) is 0 Å². The molecule has 0 saturated heterocycles. The maximum Gasteiger partial charge on any atom is 0.364 e. The zero-order chi connectivity index (χ0) is 9.61. The Morgan fingerprint density at radius 1 is 1.25 bits per heavy atom. The second kappa shape index (κ2) is 5.11. The average Bonchev–Trinajstić information content (AvgIpc) is 2.03. The van der Waals surface area contributed by atoms with E-state index in [1.54, 1.807) is 20.8 Å². The molecule has 1 N–H and O–H groups in total. The maximum absolute atomic E-state index is 10.8. The van der Waals surface area contributed by atoms with Gasteiger partial charge in [0.1, 0.15) is 0 Å². The lowest BCUT2D eigenvalue weighted by atomic mass is 10.2. The molecule has 0 aliphatic rings. The fourth-order valence-corrected chi connectivity index (χ4v) is 0.987. The van der Waals surface area contributed by atoms with Crippen molar-refractivity contribution in [2.45, 2.75) is 33.0 Å². The van der Waals surface area contributed by atoms with Crippen LogP contribution in [0.3, 0.4) is 0 Å². The van der Waals surface area contributed by atoms with Gasteiger partial charge in [0.2, 0.25) is 0 Å². The number of aliphatic carboxylic acids is 1. The Kier molecular flexibility index (Phi) is 4.85. The number of hydrogen-bond acceptors (Lipinski definition) is 3. The summed E-state index contributed by atoms with van der Waals surface area (Å²) in [5, 5.41) is 8.84. The van der Waals surface area contributed by atoms with E-state index in [-0.39, 0.29) is 0 Å². The summed E-state index contributed by atoms with van der Waals surface area (Å²) >= 11 is 0. The van der Waals surface area contributed by atoms with Crippen LogP contribution in [-0.4, -0.2) is 30.1 Å². The van der Waals surface area contributed by atoms with E-state index in [1.165, 1.54) is 0 Å². The van der Waals surface area contributed by atoms with Gasteiger partial charge in [-0.25, -0.2) is 4.79 Å². The largest absolute Gasteiger partial charge is 0.477 e. The lowest BCUT2D eigenvalue weighted by molar-refractivity contribution is -0.242. The molecular formula is C8H16O4. The molecule has 0 rings (SSSR count). The highest BCUT2D eigenvalue weighted by Gasteiger charge is 2.38. The number of rotatable bonds is 6. The van der Waals surface area contributed by atoms with Gasteiger partial charge in [-0.15, -0.1) is 0 Å². The van der Waals surface area contributed by atoms with Gasteiger partial charge in [-0.2, -0.15) is 0 Å². The molecule has 0 unspecified atom stereocenters. The Hall–Kier alpha value is -0.610. The predicted molar refractivity (Wildman–Crippen MR) is 43.9 cm³/mol. The molecule has 0 radical (unpaired) electrons. The van der Waals surface area contributed by atoms with Crippen molar-refractivity contribution in [1.82, 2.24) is 0 Å². The fourth-order valence-electron chi connectivity index (χ4n) is 0.987. The highest BCUT2D eigenvalue weighted by molar-refractivity contribution is 5.75. The minimum atomic E-state index is -1.44. The number of carboxylic acid groups (broad SMARTS) is 1. The van der Waals surface area contributed by atoms with E-state index in [0.717, 1.165) is 0 Å². The third-order valence-corrected chi connectivity index (χ3v) is 1.55.